The average molecular weight is 663 g/mol. The average Bonchev–Trinajstić information content (AvgIpc) is 3.02. The number of piperazine rings is 2. The van der Waals surface area contributed by atoms with E-state index in [9.17, 15) is 27.2 Å². The summed E-state index contributed by atoms with van der Waals surface area (Å²) < 4.78 is 75.3. The molecular weight excluding hydrogens is 627 g/mol. The molecule has 4 heterocycles. The number of rotatable bonds is 6. The Kier molecular flexibility index (Phi) is 8.89. The van der Waals surface area contributed by atoms with Crippen LogP contribution in [0.2, 0.25) is 0 Å². The summed E-state index contributed by atoms with van der Waals surface area (Å²) in [6.45, 7) is 13.0. The molecule has 0 saturated carbocycles. The van der Waals surface area contributed by atoms with Crippen LogP contribution in [0.1, 0.15) is 25.5 Å². The molecule has 0 spiro atoms. The monoisotopic (exact) mass is 662 g/mol. The van der Waals surface area contributed by atoms with Crippen LogP contribution in [0.5, 0.6) is 0 Å². The molecule has 0 radical (unpaired) electrons. The van der Waals surface area contributed by atoms with E-state index in [0.717, 1.165) is 62.7 Å². The second-order valence-corrected chi connectivity index (χ2v) is 13.0. The van der Waals surface area contributed by atoms with E-state index in [1.807, 2.05) is 6.92 Å². The first kappa shape index (κ1) is 32.5. The molecule has 3 aliphatic rings. The van der Waals surface area contributed by atoms with Gasteiger partial charge >= 0.3 is 11.9 Å². The van der Waals surface area contributed by atoms with Crippen molar-refractivity contribution in [3.05, 3.63) is 64.6 Å². The zero-order valence-electron chi connectivity index (χ0n) is 25.6. The highest BCUT2D eigenvalue weighted by atomic mass is 32.2. The number of aromatic nitrogens is 2. The van der Waals surface area contributed by atoms with Crippen LogP contribution < -0.4 is 10.6 Å². The fourth-order valence-electron chi connectivity index (χ4n) is 6.82. The van der Waals surface area contributed by atoms with Gasteiger partial charge < -0.3 is 14.7 Å². The number of thioether (sulfide) groups is 1. The molecule has 0 bridgehead atoms. The number of carbonyl (C=O) groups excluding carboxylic acids is 1. The van der Waals surface area contributed by atoms with Crippen molar-refractivity contribution >= 4 is 34.4 Å². The zero-order chi connectivity index (χ0) is 32.9. The number of likely N-dealkylation sites (N-methyl/N-ethyl adjacent to an activating group) is 1. The summed E-state index contributed by atoms with van der Waals surface area (Å²) in [4.78, 5) is 38.7. The van der Waals surface area contributed by atoms with Crippen molar-refractivity contribution in [2.45, 2.75) is 37.0 Å². The van der Waals surface area contributed by atoms with Gasteiger partial charge in [0.05, 0.1) is 17.1 Å². The summed E-state index contributed by atoms with van der Waals surface area (Å²) in [6, 6.07) is 2.68. The maximum absolute atomic E-state index is 15.3. The molecule has 246 valence electrons. The van der Waals surface area contributed by atoms with Crippen molar-refractivity contribution in [3.63, 3.8) is 0 Å². The van der Waals surface area contributed by atoms with Crippen molar-refractivity contribution in [2.24, 2.45) is 0 Å². The minimum Gasteiger partial charge on any atom is -0.350 e. The largest absolute Gasteiger partial charge is 0.417 e. The van der Waals surface area contributed by atoms with Crippen molar-refractivity contribution in [1.82, 2.24) is 24.3 Å². The smallest absolute Gasteiger partial charge is 0.350 e. The van der Waals surface area contributed by atoms with E-state index in [1.165, 1.54) is 10.6 Å². The molecule has 3 aliphatic heterocycles. The van der Waals surface area contributed by atoms with Gasteiger partial charge in [-0.2, -0.15) is 18.2 Å². The van der Waals surface area contributed by atoms with Gasteiger partial charge in [-0.25, -0.2) is 13.6 Å². The number of alkyl halides is 3. The third-order valence-corrected chi connectivity index (χ3v) is 10.4. The molecule has 2 saturated heterocycles. The van der Waals surface area contributed by atoms with Crippen LogP contribution in [0.3, 0.4) is 0 Å². The van der Waals surface area contributed by atoms with Gasteiger partial charge in [-0.1, -0.05) is 13.5 Å². The number of anilines is 1. The Morgan fingerprint density at radius 2 is 1.80 bits per heavy atom. The molecular formula is C32H35F5N6O2S. The van der Waals surface area contributed by atoms with E-state index in [2.05, 4.69) is 28.3 Å². The van der Waals surface area contributed by atoms with Crippen LogP contribution in [-0.4, -0.2) is 101 Å². The first-order valence-electron chi connectivity index (χ1n) is 15.3. The van der Waals surface area contributed by atoms with Crippen molar-refractivity contribution in [3.8, 4) is 11.1 Å². The normalized spacial score (nSPS) is 21.2. The van der Waals surface area contributed by atoms with Crippen LogP contribution in [0.15, 0.2) is 46.6 Å². The van der Waals surface area contributed by atoms with Crippen molar-refractivity contribution in [1.29, 1.82) is 0 Å². The van der Waals surface area contributed by atoms with E-state index < -0.39 is 46.2 Å². The standard InChI is InChI=1S/C32H35F5N6O2S/c1-4-26(44)41-12-13-42(19(3)16-41)30-23-15-24(32(35,36)37)27(22-7-6-20(33)14-25(22)34)29-28(23)43(31(45)38-30)21(18-46-29)17-40-10-8-39(5-2)9-11-40/h4,6-7,14-15,19,21H,1,5,8-13,16-18H2,2-3H3/t19-,21-/m0/s1. The fourth-order valence-corrected chi connectivity index (χ4v) is 8.14. The Bertz CT molecular complexity index is 1740. The molecule has 2 fully saturated rings. The van der Waals surface area contributed by atoms with Gasteiger partial charge in [-0.05, 0) is 37.7 Å². The Morgan fingerprint density at radius 1 is 1.09 bits per heavy atom. The second-order valence-electron chi connectivity index (χ2n) is 12.0. The number of hydrogen-bond donors (Lipinski definition) is 0. The number of halogens is 5. The lowest BCUT2D eigenvalue weighted by Gasteiger charge is -2.41. The maximum atomic E-state index is 15.3. The SMILES string of the molecule is C=CC(=O)N1CCN(c2nc(=O)n3c4c(c(-c5ccc(F)cc5F)c(C(F)(F)F)cc24)SC[C@@H]3CN2CCN(CC)CC2)[C@@H](C)C1. The molecule has 46 heavy (non-hydrogen) atoms. The van der Waals surface area contributed by atoms with Gasteiger partial charge in [0.25, 0.3) is 0 Å². The molecule has 0 aliphatic carbocycles. The first-order valence-corrected chi connectivity index (χ1v) is 16.3. The van der Waals surface area contributed by atoms with Crippen molar-refractivity contribution in [2.75, 3.05) is 69.6 Å². The number of hydrogen-bond acceptors (Lipinski definition) is 7. The van der Waals surface area contributed by atoms with E-state index in [4.69, 9.17) is 0 Å². The minimum atomic E-state index is -4.91. The Labute approximate surface area is 267 Å². The number of nitrogens with zero attached hydrogens (tertiary/aromatic N) is 6. The van der Waals surface area contributed by atoms with Gasteiger partial charge in [-0.15, -0.1) is 11.8 Å². The fraction of sp³-hybridized carbons (Fsp3) is 0.469. The first-order chi connectivity index (χ1) is 21.9. The van der Waals surface area contributed by atoms with Crippen molar-refractivity contribution < 1.29 is 26.7 Å². The van der Waals surface area contributed by atoms with Crippen LogP contribution in [0.4, 0.5) is 27.8 Å². The molecule has 8 nitrogen and oxygen atoms in total. The molecule has 0 N–H and O–H groups in total. The molecule has 2 atom stereocenters. The van der Waals surface area contributed by atoms with Gasteiger partial charge in [0.1, 0.15) is 17.5 Å². The number of benzene rings is 2. The highest BCUT2D eigenvalue weighted by Crippen LogP contribution is 2.50. The Balaban J connectivity index is 1.56. The second kappa shape index (κ2) is 12.6. The molecule has 2 aromatic carbocycles. The van der Waals surface area contributed by atoms with Gasteiger partial charge in [0, 0.05) is 91.6 Å². The van der Waals surface area contributed by atoms with Crippen LogP contribution >= 0.6 is 11.8 Å². The van der Waals surface area contributed by atoms with E-state index in [0.29, 0.717) is 12.6 Å². The lowest BCUT2D eigenvalue weighted by molar-refractivity contribution is -0.137. The lowest BCUT2D eigenvalue weighted by Crippen LogP contribution is -2.54. The Hall–Kier alpha value is -3.49. The van der Waals surface area contributed by atoms with E-state index in [-0.39, 0.29) is 59.0 Å². The lowest BCUT2D eigenvalue weighted by atomic mass is 9.95. The highest BCUT2D eigenvalue weighted by Gasteiger charge is 2.41. The van der Waals surface area contributed by atoms with Crippen LogP contribution in [0.25, 0.3) is 22.0 Å². The number of amides is 1. The van der Waals surface area contributed by atoms with E-state index >= 15 is 4.39 Å². The molecule has 3 aromatic rings. The maximum Gasteiger partial charge on any atom is 0.417 e. The molecule has 1 aromatic heterocycles. The van der Waals surface area contributed by atoms with Crippen LogP contribution in [0, 0.1) is 11.6 Å². The molecule has 14 heteroatoms. The summed E-state index contributed by atoms with van der Waals surface area (Å²) in [5.41, 5.74) is -2.26. The summed E-state index contributed by atoms with van der Waals surface area (Å²) in [5, 5.41) is 0.122. The number of carbonyl (C=O) groups is 1. The zero-order valence-corrected chi connectivity index (χ0v) is 26.4. The molecule has 6 rings (SSSR count). The molecule has 1 amide bonds. The summed E-state index contributed by atoms with van der Waals surface area (Å²) in [5.74, 6) is -1.94. The van der Waals surface area contributed by atoms with Crippen LogP contribution in [-0.2, 0) is 11.0 Å². The third kappa shape index (κ3) is 5.90. The Morgan fingerprint density at radius 3 is 2.43 bits per heavy atom. The predicted octanol–water partition coefficient (Wildman–Crippen LogP) is 4.87. The summed E-state index contributed by atoms with van der Waals surface area (Å²) in [6.07, 6.45) is -3.70. The topological polar surface area (TPSA) is 64.9 Å². The molecule has 0 unspecified atom stereocenters. The van der Waals surface area contributed by atoms with Gasteiger partial charge in [0.15, 0.2) is 0 Å². The minimum absolute atomic E-state index is 0.0881. The quantitative estimate of drug-likeness (QED) is 0.276. The summed E-state index contributed by atoms with van der Waals surface area (Å²) >= 11 is 1.15. The van der Waals surface area contributed by atoms with E-state index in [1.54, 1.807) is 9.80 Å². The predicted molar refractivity (Wildman–Crippen MR) is 168 cm³/mol. The van der Waals surface area contributed by atoms with Gasteiger partial charge in [0.2, 0.25) is 5.91 Å². The van der Waals surface area contributed by atoms with Gasteiger partial charge in [-0.3, -0.25) is 14.3 Å². The third-order valence-electron chi connectivity index (χ3n) is 9.20. The highest BCUT2D eigenvalue weighted by molar-refractivity contribution is 7.99. The summed E-state index contributed by atoms with van der Waals surface area (Å²) in [7, 11) is 0.